The summed E-state index contributed by atoms with van der Waals surface area (Å²) >= 11 is 0. The molecule has 9 heavy (non-hydrogen) atoms. The summed E-state index contributed by atoms with van der Waals surface area (Å²) in [6.45, 7) is 3.09. The topological polar surface area (TPSA) is 40.5 Å². The van der Waals surface area contributed by atoms with Gasteiger partial charge in [-0.3, -0.25) is 0 Å². The Morgan fingerprint density at radius 1 is 0.889 bits per heavy atom. The van der Waals surface area contributed by atoms with Crippen molar-refractivity contribution < 1.29 is 31.9 Å². The summed E-state index contributed by atoms with van der Waals surface area (Å²) in [4.78, 5) is 0. The van der Waals surface area contributed by atoms with Gasteiger partial charge in [0.15, 0.2) is 0 Å². The van der Waals surface area contributed by atoms with Gasteiger partial charge in [0, 0.05) is 0 Å². The zero-order valence-electron chi connectivity index (χ0n) is 6.55. The third-order valence-corrected chi connectivity index (χ3v) is 0.698. The second-order valence-electron chi connectivity index (χ2n) is 1.48. The quantitative estimate of drug-likeness (QED) is 0.445. The van der Waals surface area contributed by atoms with Gasteiger partial charge < -0.3 is 25.1 Å². The SMILES string of the molecule is CC(O)[C@H](C)O.[CH3-].[CH3-].[Ti+2]. The van der Waals surface area contributed by atoms with Crippen LogP contribution in [0.5, 0.6) is 0 Å². The first kappa shape index (κ1) is 22.6. The Morgan fingerprint density at radius 2 is 1.00 bits per heavy atom. The molecule has 3 heteroatoms. The van der Waals surface area contributed by atoms with Gasteiger partial charge in [-0.25, -0.2) is 0 Å². The van der Waals surface area contributed by atoms with Crippen molar-refractivity contribution in [3.63, 3.8) is 0 Å². The van der Waals surface area contributed by atoms with Crippen LogP contribution in [-0.4, -0.2) is 22.4 Å². The van der Waals surface area contributed by atoms with Crippen LogP contribution in [0.2, 0.25) is 0 Å². The summed E-state index contributed by atoms with van der Waals surface area (Å²) in [7, 11) is 0. The molecule has 0 aromatic heterocycles. The molecule has 0 aromatic rings. The largest absolute Gasteiger partial charge is 2.00 e. The normalized spacial score (nSPS) is 13.3. The van der Waals surface area contributed by atoms with Crippen LogP contribution >= 0.6 is 0 Å². The second-order valence-corrected chi connectivity index (χ2v) is 1.48. The van der Waals surface area contributed by atoms with Gasteiger partial charge in [-0.1, -0.05) is 0 Å². The number of hydrogen-bond donors (Lipinski definition) is 2. The van der Waals surface area contributed by atoms with E-state index in [2.05, 4.69) is 0 Å². The van der Waals surface area contributed by atoms with E-state index >= 15 is 0 Å². The molecule has 0 aliphatic rings. The molecule has 0 heterocycles. The van der Waals surface area contributed by atoms with Crippen LogP contribution in [0.4, 0.5) is 0 Å². The fourth-order valence-corrected chi connectivity index (χ4v) is 0. The fourth-order valence-electron chi connectivity index (χ4n) is 0. The van der Waals surface area contributed by atoms with Gasteiger partial charge in [0.25, 0.3) is 0 Å². The summed E-state index contributed by atoms with van der Waals surface area (Å²) in [6, 6.07) is 0. The van der Waals surface area contributed by atoms with E-state index in [1.54, 1.807) is 13.8 Å². The van der Waals surface area contributed by atoms with Crippen LogP contribution in [0.1, 0.15) is 13.8 Å². The Morgan fingerprint density at radius 3 is 1.00 bits per heavy atom. The molecule has 0 amide bonds. The molecule has 2 nitrogen and oxygen atoms in total. The van der Waals surface area contributed by atoms with Crippen LogP contribution in [0.25, 0.3) is 0 Å². The third kappa shape index (κ3) is 17.7. The molecule has 0 aliphatic carbocycles. The predicted octanol–water partition coefficient (Wildman–Crippen LogP) is 0.646. The molecule has 0 fully saturated rings. The van der Waals surface area contributed by atoms with E-state index in [9.17, 15) is 0 Å². The maximum absolute atomic E-state index is 8.38. The first-order valence-corrected chi connectivity index (χ1v) is 2.00. The van der Waals surface area contributed by atoms with Crippen molar-refractivity contribution in [3.05, 3.63) is 14.9 Å². The first-order chi connectivity index (χ1) is 2.64. The predicted molar refractivity (Wildman–Crippen MR) is 36.2 cm³/mol. The number of aliphatic hydroxyl groups is 2. The maximum Gasteiger partial charge on any atom is 2.00 e. The van der Waals surface area contributed by atoms with Crippen molar-refractivity contribution >= 4 is 0 Å². The standard InChI is InChI=1S/C4H10O2.2CH3.Ti/c1-3(5)4(2)6;;;/h3-6H,1-2H3;2*1H3;/q;2*-1;+2/t3-,4?;;;/m0.../s1. The van der Waals surface area contributed by atoms with Gasteiger partial charge in [0.05, 0.1) is 12.2 Å². The number of rotatable bonds is 1. The molecule has 0 aliphatic heterocycles. The summed E-state index contributed by atoms with van der Waals surface area (Å²) in [5.74, 6) is 0. The van der Waals surface area contributed by atoms with Crippen LogP contribution < -0.4 is 0 Å². The molecule has 0 saturated carbocycles. The Labute approximate surface area is 73.2 Å². The molecule has 0 radical (unpaired) electrons. The fraction of sp³-hybridized carbons (Fsp3) is 0.667. The summed E-state index contributed by atoms with van der Waals surface area (Å²) in [5, 5.41) is 16.8. The molecule has 0 saturated heterocycles. The molecule has 0 bridgehead atoms. The third-order valence-electron chi connectivity index (χ3n) is 0.698. The average molecular weight is 168 g/mol. The summed E-state index contributed by atoms with van der Waals surface area (Å²) < 4.78 is 0. The van der Waals surface area contributed by atoms with E-state index in [1.807, 2.05) is 0 Å². The van der Waals surface area contributed by atoms with Crippen LogP contribution in [0.3, 0.4) is 0 Å². The zero-order valence-corrected chi connectivity index (χ0v) is 8.11. The first-order valence-electron chi connectivity index (χ1n) is 2.00. The van der Waals surface area contributed by atoms with Crippen molar-refractivity contribution in [1.82, 2.24) is 0 Å². The van der Waals surface area contributed by atoms with Crippen LogP contribution in [0.15, 0.2) is 0 Å². The summed E-state index contributed by atoms with van der Waals surface area (Å²) in [5.41, 5.74) is 0. The Hall–Kier alpha value is 0.634. The van der Waals surface area contributed by atoms with Gasteiger partial charge >= 0.3 is 21.7 Å². The Bertz CT molecular complexity index is 32.0. The van der Waals surface area contributed by atoms with Gasteiger partial charge in [-0.2, -0.15) is 0 Å². The minimum absolute atomic E-state index is 0. The van der Waals surface area contributed by atoms with Gasteiger partial charge in [0.1, 0.15) is 0 Å². The zero-order chi connectivity index (χ0) is 5.15. The van der Waals surface area contributed by atoms with Crippen molar-refractivity contribution in [2.75, 3.05) is 0 Å². The molecule has 0 aromatic carbocycles. The van der Waals surface area contributed by atoms with E-state index in [4.69, 9.17) is 10.2 Å². The molecule has 56 valence electrons. The minimum Gasteiger partial charge on any atom is -0.391 e. The van der Waals surface area contributed by atoms with Crippen molar-refractivity contribution in [2.45, 2.75) is 26.1 Å². The smallest absolute Gasteiger partial charge is 0.391 e. The monoisotopic (exact) mass is 168 g/mol. The van der Waals surface area contributed by atoms with E-state index in [1.165, 1.54) is 0 Å². The Kier molecular flexibility index (Phi) is 28.7. The molecule has 2 N–H and O–H groups in total. The maximum atomic E-state index is 8.38. The van der Waals surface area contributed by atoms with Gasteiger partial charge in [-0.05, 0) is 13.8 Å². The number of aliphatic hydroxyl groups excluding tert-OH is 2. The average Bonchev–Trinajstić information content (AvgIpc) is 1.36. The Balaban J connectivity index is -0.0000000417. The molecular weight excluding hydrogens is 152 g/mol. The van der Waals surface area contributed by atoms with Crippen LogP contribution in [-0.2, 0) is 21.7 Å². The van der Waals surface area contributed by atoms with Crippen molar-refractivity contribution in [1.29, 1.82) is 0 Å². The molecule has 0 spiro atoms. The second kappa shape index (κ2) is 11.4. The minimum atomic E-state index is -0.593. The van der Waals surface area contributed by atoms with Crippen molar-refractivity contribution in [3.8, 4) is 0 Å². The van der Waals surface area contributed by atoms with Gasteiger partial charge in [0.2, 0.25) is 0 Å². The van der Waals surface area contributed by atoms with Crippen molar-refractivity contribution in [2.24, 2.45) is 0 Å². The molecule has 2 atom stereocenters. The van der Waals surface area contributed by atoms with E-state index in [-0.39, 0.29) is 36.6 Å². The van der Waals surface area contributed by atoms with E-state index in [0.717, 1.165) is 0 Å². The molecular formula is C6H16O2Ti. The molecule has 1 unspecified atom stereocenters. The van der Waals surface area contributed by atoms with Gasteiger partial charge in [-0.15, -0.1) is 0 Å². The van der Waals surface area contributed by atoms with Crippen LogP contribution in [0, 0.1) is 14.9 Å². The number of hydrogen-bond acceptors (Lipinski definition) is 2. The van der Waals surface area contributed by atoms with E-state index in [0.29, 0.717) is 0 Å². The summed E-state index contributed by atoms with van der Waals surface area (Å²) in [6.07, 6.45) is -1.19. The van der Waals surface area contributed by atoms with E-state index < -0.39 is 12.2 Å². The molecule has 0 rings (SSSR count).